The van der Waals surface area contributed by atoms with Crippen LogP contribution < -0.4 is 5.73 Å². The van der Waals surface area contributed by atoms with Crippen LogP contribution in [0.2, 0.25) is 0 Å². The molecule has 2 aromatic rings. The molecule has 0 saturated carbocycles. The van der Waals surface area contributed by atoms with Gasteiger partial charge in [0.1, 0.15) is 11.6 Å². The molecule has 1 aromatic heterocycles. The quantitative estimate of drug-likeness (QED) is 0.503. The van der Waals surface area contributed by atoms with Gasteiger partial charge in [-0.3, -0.25) is 4.79 Å². The molecule has 174 valence electrons. The number of benzene rings is 1. The van der Waals surface area contributed by atoms with Gasteiger partial charge in [-0.25, -0.2) is 9.37 Å². The van der Waals surface area contributed by atoms with Gasteiger partial charge in [-0.15, -0.1) is 11.8 Å². The largest absolute Gasteiger partial charge is 0.383 e. The lowest BCUT2D eigenvalue weighted by Crippen LogP contribution is -2.40. The maximum atomic E-state index is 14.0. The second-order valence-electron chi connectivity index (χ2n) is 7.89. The third kappa shape index (κ3) is 5.38. The molecule has 1 unspecified atom stereocenters. The van der Waals surface area contributed by atoms with E-state index in [9.17, 15) is 9.18 Å². The first-order valence-electron chi connectivity index (χ1n) is 10.7. The van der Waals surface area contributed by atoms with Crippen molar-refractivity contribution >= 4 is 46.7 Å². The molecule has 0 spiro atoms. The Balaban J connectivity index is 1.53. The number of halogens is 3. The Labute approximate surface area is 206 Å². The van der Waals surface area contributed by atoms with Gasteiger partial charge in [-0.1, -0.05) is 35.3 Å². The van der Waals surface area contributed by atoms with E-state index in [4.69, 9.17) is 33.7 Å². The van der Waals surface area contributed by atoms with Crippen LogP contribution in [0.5, 0.6) is 0 Å². The lowest BCUT2D eigenvalue weighted by Gasteiger charge is -2.26. The van der Waals surface area contributed by atoms with Gasteiger partial charge in [0.25, 0.3) is 5.91 Å². The van der Waals surface area contributed by atoms with Gasteiger partial charge in [0, 0.05) is 52.7 Å². The normalized spacial score (nSPS) is 18.0. The Hall–Kier alpha value is -2.06. The molecule has 0 bridgehead atoms. The van der Waals surface area contributed by atoms with E-state index >= 15 is 0 Å². The van der Waals surface area contributed by atoms with Crippen molar-refractivity contribution in [3.05, 3.63) is 63.6 Å². The number of carbonyl (C=O) groups excluding carboxylic acids is 1. The first-order valence-corrected chi connectivity index (χ1v) is 12.3. The molecule has 1 amide bonds. The minimum atomic E-state index is -0.338. The molecule has 1 aromatic carbocycles. The summed E-state index contributed by atoms with van der Waals surface area (Å²) in [7, 11) is 0. The molecule has 2 N–H and O–H groups in total. The van der Waals surface area contributed by atoms with Crippen LogP contribution in [0.1, 0.15) is 30.1 Å². The van der Waals surface area contributed by atoms with Gasteiger partial charge in [0.05, 0.1) is 23.1 Å². The number of hydrogen-bond acceptors (Lipinski definition) is 5. The van der Waals surface area contributed by atoms with Crippen LogP contribution in [0.15, 0.2) is 62.9 Å². The van der Waals surface area contributed by atoms with Crippen molar-refractivity contribution in [1.82, 2.24) is 9.88 Å². The molecular weight excluding hydrogens is 484 g/mol. The van der Waals surface area contributed by atoms with Crippen LogP contribution >= 0.6 is 35.0 Å². The summed E-state index contributed by atoms with van der Waals surface area (Å²) in [4.78, 5) is 19.6. The van der Waals surface area contributed by atoms with Crippen molar-refractivity contribution in [1.29, 1.82) is 0 Å². The number of aromatic nitrogens is 1. The molecule has 0 radical (unpaired) electrons. The Morgan fingerprint density at radius 3 is 2.58 bits per heavy atom. The van der Waals surface area contributed by atoms with Crippen LogP contribution in [0, 0.1) is 0 Å². The summed E-state index contributed by atoms with van der Waals surface area (Å²) in [5, 5.41) is 0.461. The number of pyridine rings is 1. The summed E-state index contributed by atoms with van der Waals surface area (Å²) in [6.07, 6.45) is 2.36. The number of nitrogen functional groups attached to an aromatic ring is 1. The van der Waals surface area contributed by atoms with Crippen LogP contribution in [0.25, 0.3) is 11.1 Å². The topological polar surface area (TPSA) is 68.5 Å². The van der Waals surface area contributed by atoms with Crippen molar-refractivity contribution < 1.29 is 13.9 Å². The van der Waals surface area contributed by atoms with Gasteiger partial charge < -0.3 is 15.4 Å². The fourth-order valence-corrected chi connectivity index (χ4v) is 5.87. The van der Waals surface area contributed by atoms with Gasteiger partial charge in [0.2, 0.25) is 0 Å². The fraction of sp³-hybridized carbons (Fsp3) is 0.333. The Bertz CT molecular complexity index is 1120. The SMILES string of the molecule is CC(Sc1cc(-c2ccc(C(=O)N3CCOCC3)cc2)cnc1N)C1=C(Cl)CCC(F)=C1Cl. The summed E-state index contributed by atoms with van der Waals surface area (Å²) in [6, 6.07) is 9.37. The molecule has 1 saturated heterocycles. The molecular formula is C24H24Cl2FN3O2S. The highest BCUT2D eigenvalue weighted by Crippen LogP contribution is 2.43. The fourth-order valence-electron chi connectivity index (χ4n) is 3.84. The summed E-state index contributed by atoms with van der Waals surface area (Å²) in [6.45, 7) is 4.25. The molecule has 4 rings (SSSR count). The van der Waals surface area contributed by atoms with E-state index in [1.165, 1.54) is 11.8 Å². The molecule has 1 atom stereocenters. The van der Waals surface area contributed by atoms with E-state index in [-0.39, 0.29) is 28.4 Å². The standard InChI is InChI=1S/C24H24Cl2FN3O2S/c1-14(21-18(25)6-7-19(27)22(21)26)33-20-12-17(13-29-23(20)28)15-2-4-16(5-3-15)24(31)30-8-10-32-11-9-30/h2-5,12-14H,6-11H2,1H3,(H2,28,29). The number of amides is 1. The Kier molecular flexibility index (Phi) is 7.64. The predicted molar refractivity (Wildman–Crippen MR) is 132 cm³/mol. The third-order valence-corrected chi connectivity index (χ3v) is 7.66. The number of morpholine rings is 1. The average Bonchev–Trinajstić information content (AvgIpc) is 2.83. The number of rotatable bonds is 5. The van der Waals surface area contributed by atoms with Crippen molar-refractivity contribution in [2.45, 2.75) is 29.9 Å². The zero-order valence-corrected chi connectivity index (χ0v) is 20.4. The highest BCUT2D eigenvalue weighted by Gasteiger charge is 2.25. The van der Waals surface area contributed by atoms with Crippen LogP contribution in [0.3, 0.4) is 0 Å². The number of allylic oxidation sites excluding steroid dienone is 3. The van der Waals surface area contributed by atoms with E-state index in [1.807, 2.05) is 37.3 Å². The lowest BCUT2D eigenvalue weighted by molar-refractivity contribution is 0.0303. The number of anilines is 1. The Morgan fingerprint density at radius 2 is 1.88 bits per heavy atom. The number of hydrogen-bond donors (Lipinski definition) is 1. The molecule has 2 heterocycles. The zero-order chi connectivity index (χ0) is 23.5. The van der Waals surface area contributed by atoms with Crippen molar-refractivity contribution in [2.75, 3.05) is 32.0 Å². The number of nitrogens with two attached hydrogens (primary N) is 1. The van der Waals surface area contributed by atoms with E-state index in [0.29, 0.717) is 54.7 Å². The maximum Gasteiger partial charge on any atom is 0.254 e. The highest BCUT2D eigenvalue weighted by atomic mass is 35.5. The summed E-state index contributed by atoms with van der Waals surface area (Å²) >= 11 is 14.0. The monoisotopic (exact) mass is 507 g/mol. The van der Waals surface area contributed by atoms with Gasteiger partial charge in [-0.05, 0) is 37.1 Å². The predicted octanol–water partition coefficient (Wildman–Crippen LogP) is 5.99. The van der Waals surface area contributed by atoms with E-state index < -0.39 is 0 Å². The zero-order valence-electron chi connectivity index (χ0n) is 18.1. The van der Waals surface area contributed by atoms with Gasteiger partial charge >= 0.3 is 0 Å². The third-order valence-electron chi connectivity index (χ3n) is 5.69. The molecule has 33 heavy (non-hydrogen) atoms. The maximum absolute atomic E-state index is 14.0. The molecule has 1 aliphatic carbocycles. The van der Waals surface area contributed by atoms with E-state index in [2.05, 4.69) is 4.98 Å². The Morgan fingerprint density at radius 1 is 1.18 bits per heavy atom. The molecule has 1 fully saturated rings. The van der Waals surface area contributed by atoms with Crippen molar-refractivity contribution in [2.24, 2.45) is 0 Å². The van der Waals surface area contributed by atoms with E-state index in [1.54, 1.807) is 11.1 Å². The summed E-state index contributed by atoms with van der Waals surface area (Å²) in [5.41, 5.74) is 9.14. The number of carbonyl (C=O) groups is 1. The molecule has 1 aliphatic heterocycles. The first-order chi connectivity index (χ1) is 15.8. The van der Waals surface area contributed by atoms with Crippen LogP contribution in [-0.2, 0) is 4.74 Å². The van der Waals surface area contributed by atoms with Crippen molar-refractivity contribution in [3.8, 4) is 11.1 Å². The summed E-state index contributed by atoms with van der Waals surface area (Å²) in [5.74, 6) is 0.0399. The molecule has 9 heteroatoms. The minimum absolute atomic E-state index is 0.000140. The smallest absolute Gasteiger partial charge is 0.254 e. The minimum Gasteiger partial charge on any atom is -0.383 e. The van der Waals surface area contributed by atoms with Crippen LogP contribution in [-0.4, -0.2) is 47.3 Å². The average molecular weight is 508 g/mol. The highest BCUT2D eigenvalue weighted by molar-refractivity contribution is 8.00. The number of ether oxygens (including phenoxy) is 1. The van der Waals surface area contributed by atoms with Gasteiger partial charge in [-0.2, -0.15) is 0 Å². The van der Waals surface area contributed by atoms with E-state index in [0.717, 1.165) is 16.0 Å². The van der Waals surface area contributed by atoms with Gasteiger partial charge in [0.15, 0.2) is 0 Å². The van der Waals surface area contributed by atoms with Crippen LogP contribution in [0.4, 0.5) is 10.2 Å². The number of thioether (sulfide) groups is 1. The molecule has 2 aliphatic rings. The second kappa shape index (κ2) is 10.5. The first kappa shape index (κ1) is 24.1. The molecule has 5 nitrogen and oxygen atoms in total. The summed E-state index contributed by atoms with van der Waals surface area (Å²) < 4.78 is 19.4. The van der Waals surface area contributed by atoms with Crippen molar-refractivity contribution in [3.63, 3.8) is 0 Å². The number of nitrogens with zero attached hydrogens (tertiary/aromatic N) is 2. The lowest BCUT2D eigenvalue weighted by atomic mass is 10.0. The second-order valence-corrected chi connectivity index (χ2v) is 10.1.